The van der Waals surface area contributed by atoms with E-state index in [0.29, 0.717) is 26.2 Å². The summed E-state index contributed by atoms with van der Waals surface area (Å²) in [5, 5.41) is 10.1. The van der Waals surface area contributed by atoms with E-state index in [9.17, 15) is 9.59 Å². The fourth-order valence-corrected chi connectivity index (χ4v) is 3.54. The standard InChI is InChI=1S/C18H22N6O2/c25-17-16-13-23(11-10-22(16)9-7-19-17)18(26)20-12-14-4-1-2-5-15(14)24-8-3-6-21-24/h1-6,8,16H,7,9-13H2,(H,19,25)(H,20,26). The van der Waals surface area contributed by atoms with E-state index in [1.165, 1.54) is 0 Å². The number of rotatable bonds is 3. The number of carbonyl (C=O) groups excluding carboxylic acids is 2. The number of urea groups is 1. The monoisotopic (exact) mass is 354 g/mol. The number of hydrogen-bond donors (Lipinski definition) is 2. The third-order valence-electron chi connectivity index (χ3n) is 4.95. The summed E-state index contributed by atoms with van der Waals surface area (Å²) >= 11 is 0. The van der Waals surface area contributed by atoms with Crippen LogP contribution in [0.3, 0.4) is 0 Å². The Hall–Kier alpha value is -2.87. The van der Waals surface area contributed by atoms with Gasteiger partial charge in [-0.05, 0) is 17.7 Å². The van der Waals surface area contributed by atoms with Crippen molar-refractivity contribution in [1.82, 2.24) is 30.2 Å². The maximum absolute atomic E-state index is 12.6. The third-order valence-corrected chi connectivity index (χ3v) is 4.95. The number of nitrogens with zero attached hydrogens (tertiary/aromatic N) is 4. The van der Waals surface area contributed by atoms with Gasteiger partial charge in [-0.2, -0.15) is 5.10 Å². The summed E-state index contributed by atoms with van der Waals surface area (Å²) in [5.41, 5.74) is 1.92. The summed E-state index contributed by atoms with van der Waals surface area (Å²) in [5.74, 6) is 0.0118. The Bertz CT molecular complexity index is 791. The lowest BCUT2D eigenvalue weighted by atomic mass is 10.1. The van der Waals surface area contributed by atoms with E-state index >= 15 is 0 Å². The lowest BCUT2D eigenvalue weighted by Crippen LogP contribution is -2.65. The molecule has 1 atom stereocenters. The van der Waals surface area contributed by atoms with Gasteiger partial charge < -0.3 is 15.5 Å². The number of piperazine rings is 2. The Labute approximate surface area is 151 Å². The molecule has 2 aliphatic rings. The van der Waals surface area contributed by atoms with Crippen LogP contribution in [0.5, 0.6) is 0 Å². The minimum Gasteiger partial charge on any atom is -0.353 e. The molecule has 1 aromatic heterocycles. The second-order valence-electron chi connectivity index (χ2n) is 6.53. The fourth-order valence-electron chi connectivity index (χ4n) is 3.54. The van der Waals surface area contributed by atoms with E-state index in [2.05, 4.69) is 20.6 Å². The third kappa shape index (κ3) is 3.28. The summed E-state index contributed by atoms with van der Waals surface area (Å²) < 4.78 is 1.78. The van der Waals surface area contributed by atoms with Crippen LogP contribution in [-0.2, 0) is 11.3 Å². The van der Waals surface area contributed by atoms with E-state index in [-0.39, 0.29) is 18.0 Å². The summed E-state index contributed by atoms with van der Waals surface area (Å²) in [6, 6.07) is 9.33. The molecule has 136 valence electrons. The summed E-state index contributed by atoms with van der Waals surface area (Å²) in [7, 11) is 0. The van der Waals surface area contributed by atoms with Gasteiger partial charge in [0.2, 0.25) is 5.91 Å². The number of para-hydroxylation sites is 1. The molecule has 0 aliphatic carbocycles. The van der Waals surface area contributed by atoms with Gasteiger partial charge in [0.05, 0.1) is 5.69 Å². The van der Waals surface area contributed by atoms with Gasteiger partial charge in [0.1, 0.15) is 6.04 Å². The topological polar surface area (TPSA) is 82.5 Å². The van der Waals surface area contributed by atoms with Crippen LogP contribution in [0.25, 0.3) is 5.69 Å². The molecule has 26 heavy (non-hydrogen) atoms. The van der Waals surface area contributed by atoms with Crippen LogP contribution in [0, 0.1) is 0 Å². The van der Waals surface area contributed by atoms with Crippen LogP contribution < -0.4 is 10.6 Å². The highest BCUT2D eigenvalue weighted by Crippen LogP contribution is 2.15. The molecular weight excluding hydrogens is 332 g/mol. The zero-order valence-electron chi connectivity index (χ0n) is 14.5. The lowest BCUT2D eigenvalue weighted by molar-refractivity contribution is -0.131. The van der Waals surface area contributed by atoms with Crippen molar-refractivity contribution in [3.63, 3.8) is 0 Å². The van der Waals surface area contributed by atoms with Crippen molar-refractivity contribution in [1.29, 1.82) is 0 Å². The molecule has 8 nitrogen and oxygen atoms in total. The Balaban J connectivity index is 1.40. The molecule has 0 radical (unpaired) electrons. The Morgan fingerprint density at radius 3 is 2.96 bits per heavy atom. The molecule has 2 aromatic rings. The molecule has 1 aromatic carbocycles. The van der Waals surface area contributed by atoms with Crippen LogP contribution in [0.1, 0.15) is 5.56 Å². The van der Waals surface area contributed by atoms with E-state index in [1.54, 1.807) is 15.8 Å². The Morgan fingerprint density at radius 2 is 2.12 bits per heavy atom. The van der Waals surface area contributed by atoms with Crippen LogP contribution in [0.4, 0.5) is 4.79 Å². The fraction of sp³-hybridized carbons (Fsp3) is 0.389. The van der Waals surface area contributed by atoms with E-state index in [1.807, 2.05) is 36.5 Å². The van der Waals surface area contributed by atoms with E-state index in [0.717, 1.165) is 24.3 Å². The molecule has 2 N–H and O–H groups in total. The number of aromatic nitrogens is 2. The molecule has 1 unspecified atom stereocenters. The summed E-state index contributed by atoms with van der Waals surface area (Å²) in [6.07, 6.45) is 3.60. The number of hydrogen-bond acceptors (Lipinski definition) is 4. The zero-order chi connectivity index (χ0) is 17.9. The van der Waals surface area contributed by atoms with Gasteiger partial charge in [0.25, 0.3) is 0 Å². The number of amides is 3. The van der Waals surface area contributed by atoms with Crippen molar-refractivity contribution in [3.05, 3.63) is 48.3 Å². The predicted molar refractivity (Wildman–Crippen MR) is 95.7 cm³/mol. The van der Waals surface area contributed by atoms with Crippen molar-refractivity contribution in [3.8, 4) is 5.69 Å². The average Bonchev–Trinajstić information content (AvgIpc) is 3.21. The number of nitrogens with one attached hydrogen (secondary N) is 2. The van der Waals surface area contributed by atoms with Crippen molar-refractivity contribution in [2.45, 2.75) is 12.6 Å². The van der Waals surface area contributed by atoms with Crippen molar-refractivity contribution in [2.24, 2.45) is 0 Å². The van der Waals surface area contributed by atoms with Crippen molar-refractivity contribution >= 4 is 11.9 Å². The SMILES string of the molecule is O=C1NCCN2CCN(C(=O)NCc3ccccc3-n3cccn3)CC12. The van der Waals surface area contributed by atoms with Crippen LogP contribution >= 0.6 is 0 Å². The molecule has 0 bridgehead atoms. The van der Waals surface area contributed by atoms with Crippen molar-refractivity contribution < 1.29 is 9.59 Å². The first-order valence-corrected chi connectivity index (χ1v) is 8.85. The maximum atomic E-state index is 12.6. The average molecular weight is 354 g/mol. The second kappa shape index (κ2) is 7.17. The highest BCUT2D eigenvalue weighted by Gasteiger charge is 2.36. The van der Waals surface area contributed by atoms with Gasteiger partial charge >= 0.3 is 6.03 Å². The smallest absolute Gasteiger partial charge is 0.317 e. The van der Waals surface area contributed by atoms with Gasteiger partial charge in [-0.3, -0.25) is 9.69 Å². The van der Waals surface area contributed by atoms with E-state index < -0.39 is 0 Å². The minimum absolute atomic E-state index is 0.0118. The molecule has 8 heteroatoms. The quantitative estimate of drug-likeness (QED) is 0.825. The summed E-state index contributed by atoms with van der Waals surface area (Å²) in [6.45, 7) is 3.74. The summed E-state index contributed by atoms with van der Waals surface area (Å²) in [4.78, 5) is 28.5. The number of benzene rings is 1. The normalized spacial score (nSPS) is 20.4. The molecule has 2 aliphatic heterocycles. The molecule has 3 heterocycles. The first-order chi connectivity index (χ1) is 12.7. The van der Waals surface area contributed by atoms with Crippen molar-refractivity contribution in [2.75, 3.05) is 32.7 Å². The molecule has 2 fully saturated rings. The van der Waals surface area contributed by atoms with Crippen LogP contribution in [-0.4, -0.2) is 70.3 Å². The van der Waals surface area contributed by atoms with Gasteiger partial charge in [0.15, 0.2) is 0 Å². The van der Waals surface area contributed by atoms with Gasteiger partial charge in [-0.25, -0.2) is 9.48 Å². The highest BCUT2D eigenvalue weighted by atomic mass is 16.2. The predicted octanol–water partition coefficient (Wildman–Crippen LogP) is 0.198. The van der Waals surface area contributed by atoms with Crippen LogP contribution in [0.15, 0.2) is 42.7 Å². The number of fused-ring (bicyclic) bond motifs is 1. The molecular formula is C18H22N6O2. The Kier molecular flexibility index (Phi) is 4.57. The Morgan fingerprint density at radius 1 is 1.23 bits per heavy atom. The van der Waals surface area contributed by atoms with E-state index in [4.69, 9.17) is 0 Å². The molecule has 0 saturated carbocycles. The first kappa shape index (κ1) is 16.6. The molecule has 4 rings (SSSR count). The largest absolute Gasteiger partial charge is 0.353 e. The van der Waals surface area contributed by atoms with Crippen LogP contribution in [0.2, 0.25) is 0 Å². The highest BCUT2D eigenvalue weighted by molar-refractivity contribution is 5.84. The van der Waals surface area contributed by atoms with Gasteiger partial charge in [0, 0.05) is 51.7 Å². The second-order valence-corrected chi connectivity index (χ2v) is 6.53. The molecule has 0 spiro atoms. The van der Waals surface area contributed by atoms with Gasteiger partial charge in [-0.1, -0.05) is 18.2 Å². The molecule has 2 saturated heterocycles. The minimum atomic E-state index is -0.236. The number of carbonyl (C=O) groups is 2. The maximum Gasteiger partial charge on any atom is 0.317 e. The zero-order valence-corrected chi connectivity index (χ0v) is 14.5. The van der Waals surface area contributed by atoms with Gasteiger partial charge in [-0.15, -0.1) is 0 Å². The lowest BCUT2D eigenvalue weighted by Gasteiger charge is -2.42. The molecule has 3 amide bonds. The first-order valence-electron chi connectivity index (χ1n) is 8.85.